The second kappa shape index (κ2) is 6.28. The van der Waals surface area contributed by atoms with Gasteiger partial charge in [0.15, 0.2) is 0 Å². The van der Waals surface area contributed by atoms with E-state index in [4.69, 9.17) is 9.15 Å². The molecule has 4 heteroatoms. The van der Waals surface area contributed by atoms with E-state index in [9.17, 15) is 9.90 Å². The Morgan fingerprint density at radius 3 is 2.84 bits per heavy atom. The van der Waals surface area contributed by atoms with Crippen molar-refractivity contribution in [3.63, 3.8) is 0 Å². The van der Waals surface area contributed by atoms with E-state index in [2.05, 4.69) is 12.1 Å². The minimum absolute atomic E-state index is 0.0790. The molecule has 0 fully saturated rings. The van der Waals surface area contributed by atoms with E-state index >= 15 is 0 Å². The molecule has 0 spiro atoms. The van der Waals surface area contributed by atoms with Gasteiger partial charge >= 0.3 is 5.97 Å². The van der Waals surface area contributed by atoms with Gasteiger partial charge in [-0.25, -0.2) is 4.79 Å². The summed E-state index contributed by atoms with van der Waals surface area (Å²) >= 11 is 0. The largest absolute Gasteiger partial charge is 0.511 e. The molecule has 0 radical (unpaired) electrons. The van der Waals surface area contributed by atoms with Crippen LogP contribution in [0.2, 0.25) is 0 Å². The van der Waals surface area contributed by atoms with Crippen LogP contribution in [0.5, 0.6) is 0 Å². The van der Waals surface area contributed by atoms with Gasteiger partial charge < -0.3 is 14.3 Å². The lowest BCUT2D eigenvalue weighted by molar-refractivity contribution is -0.139. The number of aryl methyl sites for hydroxylation is 1. The third kappa shape index (κ3) is 2.58. The van der Waals surface area contributed by atoms with Crippen LogP contribution in [0.1, 0.15) is 42.6 Å². The van der Waals surface area contributed by atoms with E-state index in [1.165, 1.54) is 5.56 Å². The van der Waals surface area contributed by atoms with Crippen molar-refractivity contribution in [3.05, 3.63) is 76.5 Å². The zero-order chi connectivity index (χ0) is 17.4. The van der Waals surface area contributed by atoms with E-state index in [1.54, 1.807) is 19.3 Å². The third-order valence-corrected chi connectivity index (χ3v) is 5.01. The van der Waals surface area contributed by atoms with Crippen molar-refractivity contribution < 1.29 is 19.1 Å². The fourth-order valence-corrected chi connectivity index (χ4v) is 3.97. The molecule has 2 aromatic rings. The van der Waals surface area contributed by atoms with Crippen LogP contribution in [-0.4, -0.2) is 17.7 Å². The number of fused-ring (bicyclic) bond motifs is 2. The van der Waals surface area contributed by atoms with Crippen LogP contribution >= 0.6 is 0 Å². The van der Waals surface area contributed by atoms with Gasteiger partial charge in [-0.1, -0.05) is 29.8 Å². The maximum absolute atomic E-state index is 12.5. The van der Waals surface area contributed by atoms with Crippen molar-refractivity contribution >= 4 is 11.5 Å². The first-order chi connectivity index (χ1) is 12.2. The molecule has 25 heavy (non-hydrogen) atoms. The predicted molar refractivity (Wildman–Crippen MR) is 94.0 cm³/mol. The van der Waals surface area contributed by atoms with Crippen LogP contribution in [-0.2, 0) is 16.0 Å². The maximum Gasteiger partial charge on any atom is 0.338 e. The Kier molecular flexibility index (Phi) is 3.96. The fraction of sp³-hybridized carbons (Fsp3) is 0.286. The molecular weight excluding hydrogens is 316 g/mol. The molecule has 0 amide bonds. The average Bonchev–Trinajstić information content (AvgIpc) is 3.15. The monoisotopic (exact) mass is 336 g/mol. The lowest BCUT2D eigenvalue weighted by Gasteiger charge is -2.33. The summed E-state index contributed by atoms with van der Waals surface area (Å²) in [5, 5.41) is 10.7. The molecule has 1 heterocycles. The highest BCUT2D eigenvalue weighted by Gasteiger charge is 2.39. The average molecular weight is 336 g/mol. The number of furan rings is 1. The Bertz CT molecular complexity index is 871. The summed E-state index contributed by atoms with van der Waals surface area (Å²) in [4.78, 5) is 12.5. The Balaban J connectivity index is 1.88. The number of esters is 1. The molecule has 1 aromatic heterocycles. The fourth-order valence-electron chi connectivity index (χ4n) is 3.97. The molecule has 1 aromatic carbocycles. The zero-order valence-electron chi connectivity index (χ0n) is 14.1. The number of allylic oxidation sites excluding steroid dienone is 2. The number of rotatable bonds is 3. The summed E-state index contributed by atoms with van der Waals surface area (Å²) in [5.74, 6) is -0.102. The number of carbonyl (C=O) groups excluding carboxylic acids is 1. The lowest BCUT2D eigenvalue weighted by Crippen LogP contribution is -2.24. The Labute approximate surface area is 146 Å². The van der Waals surface area contributed by atoms with Gasteiger partial charge in [0, 0.05) is 6.42 Å². The highest BCUT2D eigenvalue weighted by atomic mass is 16.5. The molecule has 128 valence electrons. The quantitative estimate of drug-likeness (QED) is 0.836. The predicted octanol–water partition coefficient (Wildman–Crippen LogP) is 4.54. The van der Waals surface area contributed by atoms with Crippen molar-refractivity contribution in [2.24, 2.45) is 0 Å². The molecule has 2 aliphatic rings. The standard InChI is InChI=1S/C21H20O4/c1-2-24-21(23)20-17(22)12-16-14-7-4-3-6-13(14)9-10-15(16)19(20)18-8-5-11-25-18/h3-8,11,19,22H,2,9-10,12H2,1H3/t19-/m0/s1. The number of ether oxygens (including phenoxy) is 1. The minimum Gasteiger partial charge on any atom is -0.511 e. The van der Waals surface area contributed by atoms with E-state index < -0.39 is 5.97 Å². The Morgan fingerprint density at radius 1 is 1.24 bits per heavy atom. The topological polar surface area (TPSA) is 59.7 Å². The van der Waals surface area contributed by atoms with Crippen LogP contribution in [0, 0.1) is 0 Å². The van der Waals surface area contributed by atoms with Crippen molar-refractivity contribution in [2.45, 2.75) is 32.1 Å². The second-order valence-electron chi connectivity index (χ2n) is 6.37. The van der Waals surface area contributed by atoms with Crippen molar-refractivity contribution in [1.29, 1.82) is 0 Å². The molecule has 4 nitrogen and oxygen atoms in total. The van der Waals surface area contributed by atoms with Gasteiger partial charge in [-0.3, -0.25) is 0 Å². The zero-order valence-corrected chi connectivity index (χ0v) is 14.1. The normalized spacial score (nSPS) is 19.5. The first kappa shape index (κ1) is 15.8. The molecule has 0 bridgehead atoms. The molecule has 0 saturated carbocycles. The third-order valence-electron chi connectivity index (χ3n) is 5.01. The Hall–Kier alpha value is -2.75. The smallest absolute Gasteiger partial charge is 0.338 e. The van der Waals surface area contributed by atoms with Crippen LogP contribution < -0.4 is 0 Å². The number of hydrogen-bond donors (Lipinski definition) is 1. The second-order valence-corrected chi connectivity index (χ2v) is 6.37. The van der Waals surface area contributed by atoms with Crippen molar-refractivity contribution in [3.8, 4) is 0 Å². The molecule has 0 aliphatic heterocycles. The maximum atomic E-state index is 12.5. The SMILES string of the molecule is CCOC(=O)C1=C(O)CC2=C(CCc3ccccc32)[C@H]1c1ccco1. The molecule has 0 saturated heterocycles. The van der Waals surface area contributed by atoms with Crippen LogP contribution in [0.15, 0.2) is 64.0 Å². The first-order valence-electron chi connectivity index (χ1n) is 8.63. The van der Waals surface area contributed by atoms with Gasteiger partial charge in [0.1, 0.15) is 11.5 Å². The molecule has 1 atom stereocenters. The van der Waals surface area contributed by atoms with Gasteiger partial charge in [-0.15, -0.1) is 0 Å². The van der Waals surface area contributed by atoms with Crippen molar-refractivity contribution in [1.82, 2.24) is 0 Å². The molecule has 1 N–H and O–H groups in total. The van der Waals surface area contributed by atoms with E-state index in [1.807, 2.05) is 18.2 Å². The molecule has 0 unspecified atom stereocenters. The summed E-state index contributed by atoms with van der Waals surface area (Å²) in [6.45, 7) is 2.04. The van der Waals surface area contributed by atoms with Gasteiger partial charge in [-0.2, -0.15) is 0 Å². The Morgan fingerprint density at radius 2 is 2.08 bits per heavy atom. The highest BCUT2D eigenvalue weighted by molar-refractivity contribution is 5.95. The molecule has 4 rings (SSSR count). The summed E-state index contributed by atoms with van der Waals surface area (Å²) in [6.07, 6.45) is 3.72. The minimum atomic E-state index is -0.466. The van der Waals surface area contributed by atoms with Crippen LogP contribution in [0.3, 0.4) is 0 Å². The van der Waals surface area contributed by atoms with E-state index in [0.717, 1.165) is 29.6 Å². The van der Waals surface area contributed by atoms with Gasteiger partial charge in [0.05, 0.1) is 24.4 Å². The number of aliphatic hydroxyl groups excluding tert-OH is 1. The number of benzene rings is 1. The molecule has 2 aliphatic carbocycles. The van der Waals surface area contributed by atoms with Gasteiger partial charge in [0.25, 0.3) is 0 Å². The number of carbonyl (C=O) groups is 1. The van der Waals surface area contributed by atoms with Crippen molar-refractivity contribution in [2.75, 3.05) is 6.61 Å². The van der Waals surface area contributed by atoms with Crippen LogP contribution in [0.4, 0.5) is 0 Å². The number of aliphatic hydroxyl groups is 1. The number of hydrogen-bond acceptors (Lipinski definition) is 4. The van der Waals surface area contributed by atoms with E-state index in [0.29, 0.717) is 17.8 Å². The molecular formula is C21H20O4. The van der Waals surface area contributed by atoms with Gasteiger partial charge in [-0.05, 0) is 48.6 Å². The first-order valence-corrected chi connectivity index (χ1v) is 8.63. The summed E-state index contributed by atoms with van der Waals surface area (Å²) in [6, 6.07) is 11.9. The lowest BCUT2D eigenvalue weighted by atomic mass is 9.71. The van der Waals surface area contributed by atoms with Crippen LogP contribution in [0.25, 0.3) is 5.57 Å². The summed E-state index contributed by atoms with van der Waals surface area (Å²) in [5.41, 5.74) is 5.01. The summed E-state index contributed by atoms with van der Waals surface area (Å²) < 4.78 is 10.8. The highest BCUT2D eigenvalue weighted by Crippen LogP contribution is 2.49. The summed E-state index contributed by atoms with van der Waals surface area (Å²) in [7, 11) is 0. The van der Waals surface area contributed by atoms with Gasteiger partial charge in [0.2, 0.25) is 0 Å². The van der Waals surface area contributed by atoms with E-state index in [-0.39, 0.29) is 18.3 Å².